The first-order valence-electron chi connectivity index (χ1n) is 5.21. The van der Waals surface area contributed by atoms with Gasteiger partial charge in [0, 0.05) is 5.92 Å². The second kappa shape index (κ2) is 8.00. The summed E-state index contributed by atoms with van der Waals surface area (Å²) in [6.07, 6.45) is 0.0977. The van der Waals surface area contributed by atoms with Gasteiger partial charge in [-0.05, 0) is 12.1 Å². The molecule has 0 aromatic heterocycles. The smallest absolute Gasteiger partial charge is 0.304 e. The minimum atomic E-state index is -0.806. The van der Waals surface area contributed by atoms with Gasteiger partial charge in [-0.2, -0.15) is 0 Å². The Kier molecular flexibility index (Phi) is 7.28. The number of nitrogens with two attached hydrogens (primary N) is 1. The molecule has 0 radical (unpaired) electrons. The van der Waals surface area contributed by atoms with Crippen LogP contribution in [0.3, 0.4) is 0 Å². The summed E-state index contributed by atoms with van der Waals surface area (Å²) in [5.41, 5.74) is 6.48. The summed E-state index contributed by atoms with van der Waals surface area (Å²) in [6, 6.07) is 9.48. The summed E-state index contributed by atoms with van der Waals surface area (Å²) >= 11 is 0. The number of carboxylic acids is 1. The number of carboxylic acid groups (broad SMARTS) is 1. The molecular weight excluding hydrogens is 190 g/mol. The molecule has 0 spiro atoms. The van der Waals surface area contributed by atoms with Crippen molar-refractivity contribution in [2.45, 2.75) is 26.2 Å². The predicted octanol–water partition coefficient (Wildman–Crippen LogP) is 2.23. The van der Waals surface area contributed by atoms with Gasteiger partial charge in [0.25, 0.3) is 0 Å². The van der Waals surface area contributed by atoms with Crippen molar-refractivity contribution in [1.29, 1.82) is 0 Å². The lowest BCUT2D eigenvalue weighted by Gasteiger charge is -2.11. The van der Waals surface area contributed by atoms with Crippen LogP contribution < -0.4 is 5.73 Å². The van der Waals surface area contributed by atoms with Crippen LogP contribution in [0.25, 0.3) is 0 Å². The molecule has 0 saturated carbocycles. The van der Waals surface area contributed by atoms with Gasteiger partial charge in [0.05, 0.1) is 6.42 Å². The Morgan fingerprint density at radius 1 is 1.33 bits per heavy atom. The van der Waals surface area contributed by atoms with Crippen molar-refractivity contribution in [3.05, 3.63) is 35.9 Å². The first-order chi connectivity index (χ1) is 7.24. The van der Waals surface area contributed by atoms with Crippen molar-refractivity contribution in [1.82, 2.24) is 0 Å². The van der Waals surface area contributed by atoms with Crippen LogP contribution in [0.15, 0.2) is 30.3 Å². The summed E-state index contributed by atoms with van der Waals surface area (Å²) < 4.78 is 0. The van der Waals surface area contributed by atoms with Gasteiger partial charge >= 0.3 is 5.97 Å². The largest absolute Gasteiger partial charge is 0.481 e. The topological polar surface area (TPSA) is 63.3 Å². The molecule has 0 bridgehead atoms. The van der Waals surface area contributed by atoms with E-state index in [1.807, 2.05) is 44.2 Å². The Bertz CT molecular complexity index is 272. The molecule has 0 aliphatic rings. The Morgan fingerprint density at radius 2 is 1.87 bits per heavy atom. The zero-order valence-corrected chi connectivity index (χ0v) is 9.31. The SMILES string of the molecule is CC.NC[C@H](CC(=O)O)c1ccccc1. The summed E-state index contributed by atoms with van der Waals surface area (Å²) in [7, 11) is 0. The normalized spacial score (nSPS) is 11.1. The van der Waals surface area contributed by atoms with Gasteiger partial charge < -0.3 is 10.8 Å². The Labute approximate surface area is 90.9 Å². The lowest BCUT2D eigenvalue weighted by Crippen LogP contribution is -2.16. The molecule has 0 fully saturated rings. The quantitative estimate of drug-likeness (QED) is 0.799. The van der Waals surface area contributed by atoms with Crippen molar-refractivity contribution < 1.29 is 9.90 Å². The molecule has 0 aliphatic heterocycles. The molecule has 1 aromatic rings. The van der Waals surface area contributed by atoms with Crippen LogP contribution in [-0.2, 0) is 4.79 Å². The molecule has 0 saturated heterocycles. The van der Waals surface area contributed by atoms with Gasteiger partial charge in [0.15, 0.2) is 0 Å². The zero-order chi connectivity index (χ0) is 11.7. The fourth-order valence-corrected chi connectivity index (χ4v) is 1.27. The first kappa shape index (κ1) is 13.7. The van der Waals surface area contributed by atoms with E-state index in [2.05, 4.69) is 0 Å². The van der Waals surface area contributed by atoms with Gasteiger partial charge in [-0.15, -0.1) is 0 Å². The summed E-state index contributed by atoms with van der Waals surface area (Å²) in [5, 5.41) is 8.62. The number of rotatable bonds is 4. The molecule has 1 aromatic carbocycles. The van der Waals surface area contributed by atoms with Gasteiger partial charge in [-0.3, -0.25) is 4.79 Å². The third-order valence-electron chi connectivity index (χ3n) is 1.98. The predicted molar refractivity (Wildman–Crippen MR) is 61.8 cm³/mol. The van der Waals surface area contributed by atoms with E-state index in [0.29, 0.717) is 6.54 Å². The average Bonchev–Trinajstić information content (AvgIpc) is 2.29. The molecule has 1 atom stereocenters. The lowest BCUT2D eigenvalue weighted by atomic mass is 9.96. The Balaban J connectivity index is 0.000000921. The molecule has 0 unspecified atom stereocenters. The molecule has 3 N–H and O–H groups in total. The van der Waals surface area contributed by atoms with Crippen molar-refractivity contribution >= 4 is 5.97 Å². The number of hydrogen-bond donors (Lipinski definition) is 2. The highest BCUT2D eigenvalue weighted by atomic mass is 16.4. The Morgan fingerprint density at radius 3 is 2.27 bits per heavy atom. The van der Waals surface area contributed by atoms with E-state index in [1.54, 1.807) is 0 Å². The second-order valence-corrected chi connectivity index (χ2v) is 2.94. The molecule has 84 valence electrons. The van der Waals surface area contributed by atoms with Gasteiger partial charge in [0.2, 0.25) is 0 Å². The van der Waals surface area contributed by atoms with Crippen LogP contribution in [0.5, 0.6) is 0 Å². The standard InChI is InChI=1S/C10H13NO2.C2H6/c11-7-9(6-10(12)13)8-4-2-1-3-5-8;1-2/h1-5,9H,6-7,11H2,(H,12,13);1-2H3/t9-;/m0./s1. The minimum absolute atomic E-state index is 0.0706. The van der Waals surface area contributed by atoms with Crippen LogP contribution in [0, 0.1) is 0 Å². The van der Waals surface area contributed by atoms with Gasteiger partial charge in [-0.25, -0.2) is 0 Å². The van der Waals surface area contributed by atoms with E-state index in [0.717, 1.165) is 5.56 Å². The third kappa shape index (κ3) is 5.18. The number of aliphatic carboxylic acids is 1. The third-order valence-corrected chi connectivity index (χ3v) is 1.98. The fraction of sp³-hybridized carbons (Fsp3) is 0.417. The monoisotopic (exact) mass is 209 g/mol. The van der Waals surface area contributed by atoms with E-state index in [9.17, 15) is 4.79 Å². The molecule has 0 amide bonds. The van der Waals surface area contributed by atoms with E-state index >= 15 is 0 Å². The van der Waals surface area contributed by atoms with Crippen molar-refractivity contribution in [2.75, 3.05) is 6.54 Å². The fourth-order valence-electron chi connectivity index (χ4n) is 1.27. The second-order valence-electron chi connectivity index (χ2n) is 2.94. The van der Waals surface area contributed by atoms with Crippen LogP contribution in [0.1, 0.15) is 31.7 Å². The van der Waals surface area contributed by atoms with Crippen LogP contribution >= 0.6 is 0 Å². The number of benzene rings is 1. The van der Waals surface area contributed by atoms with E-state index < -0.39 is 5.97 Å². The highest BCUT2D eigenvalue weighted by molar-refractivity contribution is 5.68. The highest BCUT2D eigenvalue weighted by Gasteiger charge is 2.12. The summed E-state index contributed by atoms with van der Waals surface area (Å²) in [5.74, 6) is -0.877. The first-order valence-corrected chi connectivity index (χ1v) is 5.21. The van der Waals surface area contributed by atoms with Crippen molar-refractivity contribution in [2.24, 2.45) is 5.73 Å². The molecule has 3 nitrogen and oxygen atoms in total. The molecular formula is C12H19NO2. The van der Waals surface area contributed by atoms with Crippen LogP contribution in [0.2, 0.25) is 0 Å². The Hall–Kier alpha value is -1.35. The van der Waals surface area contributed by atoms with E-state index in [-0.39, 0.29) is 12.3 Å². The molecule has 1 rings (SSSR count). The molecule has 0 heterocycles. The summed E-state index contributed by atoms with van der Waals surface area (Å²) in [4.78, 5) is 10.5. The summed E-state index contributed by atoms with van der Waals surface area (Å²) in [6.45, 7) is 4.37. The molecule has 3 heteroatoms. The zero-order valence-electron chi connectivity index (χ0n) is 9.31. The maximum atomic E-state index is 10.5. The van der Waals surface area contributed by atoms with Gasteiger partial charge in [-0.1, -0.05) is 44.2 Å². The van der Waals surface area contributed by atoms with E-state index in [1.165, 1.54) is 0 Å². The molecule has 0 aliphatic carbocycles. The van der Waals surface area contributed by atoms with Crippen molar-refractivity contribution in [3.63, 3.8) is 0 Å². The van der Waals surface area contributed by atoms with Gasteiger partial charge in [0.1, 0.15) is 0 Å². The van der Waals surface area contributed by atoms with Crippen LogP contribution in [0.4, 0.5) is 0 Å². The molecule has 15 heavy (non-hydrogen) atoms. The van der Waals surface area contributed by atoms with Crippen molar-refractivity contribution in [3.8, 4) is 0 Å². The van der Waals surface area contributed by atoms with Crippen LogP contribution in [-0.4, -0.2) is 17.6 Å². The maximum absolute atomic E-state index is 10.5. The maximum Gasteiger partial charge on any atom is 0.304 e. The highest BCUT2D eigenvalue weighted by Crippen LogP contribution is 2.17. The minimum Gasteiger partial charge on any atom is -0.481 e. The lowest BCUT2D eigenvalue weighted by molar-refractivity contribution is -0.137. The number of hydrogen-bond acceptors (Lipinski definition) is 2. The van der Waals surface area contributed by atoms with E-state index in [4.69, 9.17) is 10.8 Å². The number of carbonyl (C=O) groups is 1. The average molecular weight is 209 g/mol.